The fraction of sp³-hybridized carbons (Fsp3) is 0.556. The fourth-order valence-electron chi connectivity index (χ4n) is 1.56. The molecule has 2 heterocycles. The average molecular weight is 248 g/mol. The van der Waals surface area contributed by atoms with Crippen LogP contribution in [0.3, 0.4) is 0 Å². The summed E-state index contributed by atoms with van der Waals surface area (Å²) in [4.78, 5) is 8.23. The highest BCUT2D eigenvalue weighted by atomic mass is 35.5. The van der Waals surface area contributed by atoms with Crippen LogP contribution in [0.1, 0.15) is 12.1 Å². The molecular weight excluding hydrogens is 234 g/mol. The summed E-state index contributed by atoms with van der Waals surface area (Å²) < 4.78 is 12.0. The van der Waals surface area contributed by atoms with Gasteiger partial charge in [-0.25, -0.2) is 4.98 Å². The zero-order valence-corrected chi connectivity index (χ0v) is 10.1. The Bertz CT molecular complexity index is 355. The van der Waals surface area contributed by atoms with Crippen molar-refractivity contribution in [3.05, 3.63) is 18.1 Å². The minimum absolute atomic E-state index is 0. The fourth-order valence-corrected chi connectivity index (χ4v) is 2.99. The molecule has 1 aliphatic heterocycles. The molecule has 0 aliphatic carbocycles. The quantitative estimate of drug-likeness (QED) is 0.835. The van der Waals surface area contributed by atoms with Crippen molar-refractivity contribution in [2.45, 2.75) is 23.6 Å². The number of hydrogen-bond acceptors (Lipinski definition) is 4. The first-order chi connectivity index (χ1) is 6.79. The smallest absolute Gasteiger partial charge is 0.148 e. The molecule has 1 aliphatic rings. The highest BCUT2D eigenvalue weighted by Gasteiger charge is 2.24. The lowest BCUT2D eigenvalue weighted by atomic mass is 10.4. The van der Waals surface area contributed by atoms with Crippen molar-refractivity contribution in [1.29, 1.82) is 0 Å². The summed E-state index contributed by atoms with van der Waals surface area (Å²) in [6, 6.07) is 0. The van der Waals surface area contributed by atoms with Gasteiger partial charge in [-0.3, -0.25) is 9.19 Å². The van der Waals surface area contributed by atoms with Gasteiger partial charge >= 0.3 is 0 Å². The lowest BCUT2D eigenvalue weighted by molar-refractivity contribution is 0.667. The Morgan fingerprint density at radius 3 is 2.80 bits per heavy atom. The lowest BCUT2D eigenvalue weighted by Crippen LogP contribution is -2.20. The molecule has 0 aromatic carbocycles. The summed E-state index contributed by atoms with van der Waals surface area (Å²) in [7, 11) is -1.01. The third kappa shape index (κ3) is 2.74. The van der Waals surface area contributed by atoms with Crippen molar-refractivity contribution in [1.82, 2.24) is 15.3 Å². The van der Waals surface area contributed by atoms with E-state index in [0.29, 0.717) is 5.03 Å². The topological polar surface area (TPSA) is 54.9 Å². The second-order valence-corrected chi connectivity index (χ2v) is 5.01. The maximum Gasteiger partial charge on any atom is 0.148 e. The van der Waals surface area contributed by atoms with Crippen molar-refractivity contribution in [2.75, 3.05) is 13.1 Å². The number of aryl methyl sites for hydroxylation is 1. The van der Waals surface area contributed by atoms with Gasteiger partial charge in [-0.1, -0.05) is 0 Å². The zero-order chi connectivity index (χ0) is 9.97. The Balaban J connectivity index is 0.00000112. The highest BCUT2D eigenvalue weighted by molar-refractivity contribution is 7.85. The minimum atomic E-state index is -1.01. The van der Waals surface area contributed by atoms with Crippen LogP contribution in [0.5, 0.6) is 0 Å². The van der Waals surface area contributed by atoms with E-state index in [1.54, 1.807) is 12.4 Å². The van der Waals surface area contributed by atoms with Gasteiger partial charge in [-0.2, -0.15) is 0 Å². The van der Waals surface area contributed by atoms with Gasteiger partial charge < -0.3 is 5.32 Å². The van der Waals surface area contributed by atoms with E-state index in [9.17, 15) is 4.21 Å². The Labute approximate surface area is 97.8 Å². The Hall–Kier alpha value is -0.520. The average Bonchev–Trinajstić information content (AvgIpc) is 2.70. The Morgan fingerprint density at radius 1 is 1.47 bits per heavy atom. The summed E-state index contributed by atoms with van der Waals surface area (Å²) in [5.74, 6) is 0. The molecule has 0 amide bonds. The molecule has 0 spiro atoms. The van der Waals surface area contributed by atoms with E-state index in [1.807, 2.05) is 6.92 Å². The maximum absolute atomic E-state index is 12.0. The summed E-state index contributed by atoms with van der Waals surface area (Å²) in [5, 5.41) is 4.04. The van der Waals surface area contributed by atoms with E-state index in [0.717, 1.165) is 25.2 Å². The van der Waals surface area contributed by atoms with Gasteiger partial charge in [0.15, 0.2) is 0 Å². The standard InChI is InChI=1S/C9H13N3OS.ClH/c1-7-9(12-5-4-11-7)14(13)8-2-3-10-6-8;/h4-5,8,10H,2-3,6H2,1H3;1H/t8-,14?;/m0./s1. The maximum atomic E-state index is 12.0. The molecule has 1 fully saturated rings. The molecule has 1 aromatic rings. The van der Waals surface area contributed by atoms with Crippen molar-refractivity contribution < 1.29 is 4.21 Å². The SMILES string of the molecule is Cc1nccnc1S(=O)[C@H]1CCNC1.Cl. The first-order valence-corrected chi connectivity index (χ1v) is 5.89. The molecule has 15 heavy (non-hydrogen) atoms. The molecule has 2 rings (SSSR count). The highest BCUT2D eigenvalue weighted by Crippen LogP contribution is 2.15. The van der Waals surface area contributed by atoms with E-state index in [4.69, 9.17) is 0 Å². The van der Waals surface area contributed by atoms with Crippen LogP contribution in [-0.2, 0) is 10.8 Å². The third-order valence-electron chi connectivity index (χ3n) is 2.34. The van der Waals surface area contributed by atoms with Crippen LogP contribution >= 0.6 is 12.4 Å². The molecular formula is C9H14ClN3OS. The molecule has 2 atom stereocenters. The number of hydrogen-bond donors (Lipinski definition) is 1. The van der Waals surface area contributed by atoms with Crippen molar-refractivity contribution in [2.24, 2.45) is 0 Å². The predicted molar refractivity (Wildman–Crippen MR) is 61.7 cm³/mol. The van der Waals surface area contributed by atoms with E-state index < -0.39 is 10.8 Å². The zero-order valence-electron chi connectivity index (χ0n) is 8.47. The molecule has 1 unspecified atom stereocenters. The van der Waals surface area contributed by atoms with Gasteiger partial charge in [-0.05, 0) is 19.9 Å². The first kappa shape index (κ1) is 12.5. The molecule has 84 valence electrons. The van der Waals surface area contributed by atoms with Gasteiger partial charge in [0.05, 0.1) is 21.7 Å². The van der Waals surface area contributed by atoms with Crippen molar-refractivity contribution in [3.8, 4) is 0 Å². The molecule has 1 saturated heterocycles. The van der Waals surface area contributed by atoms with Crippen LogP contribution in [0.15, 0.2) is 17.4 Å². The molecule has 1 N–H and O–H groups in total. The predicted octanol–water partition coefficient (Wildman–Crippen LogP) is 0.676. The van der Waals surface area contributed by atoms with Crippen molar-refractivity contribution >= 4 is 23.2 Å². The Morgan fingerprint density at radius 2 is 2.20 bits per heavy atom. The van der Waals surface area contributed by atoms with Crippen LogP contribution in [-0.4, -0.2) is 32.5 Å². The lowest BCUT2D eigenvalue weighted by Gasteiger charge is -2.08. The second kappa shape index (κ2) is 5.53. The minimum Gasteiger partial charge on any atom is -0.315 e. The number of halogens is 1. The van der Waals surface area contributed by atoms with Crippen LogP contribution in [0, 0.1) is 6.92 Å². The second-order valence-electron chi connectivity index (χ2n) is 3.36. The summed E-state index contributed by atoms with van der Waals surface area (Å²) >= 11 is 0. The summed E-state index contributed by atoms with van der Waals surface area (Å²) in [5.41, 5.74) is 0.776. The summed E-state index contributed by atoms with van der Waals surface area (Å²) in [6.07, 6.45) is 4.19. The number of rotatable bonds is 2. The van der Waals surface area contributed by atoms with Gasteiger partial charge in [0.2, 0.25) is 0 Å². The van der Waals surface area contributed by atoms with Crippen LogP contribution in [0.2, 0.25) is 0 Å². The first-order valence-electron chi connectivity index (χ1n) is 4.68. The van der Waals surface area contributed by atoms with Gasteiger partial charge in [0, 0.05) is 18.9 Å². The van der Waals surface area contributed by atoms with Crippen LogP contribution < -0.4 is 5.32 Å². The van der Waals surface area contributed by atoms with Crippen LogP contribution in [0.4, 0.5) is 0 Å². The largest absolute Gasteiger partial charge is 0.315 e. The molecule has 6 heteroatoms. The molecule has 0 radical (unpaired) electrons. The van der Waals surface area contributed by atoms with E-state index in [-0.39, 0.29) is 17.7 Å². The van der Waals surface area contributed by atoms with E-state index >= 15 is 0 Å². The molecule has 4 nitrogen and oxygen atoms in total. The number of aromatic nitrogens is 2. The molecule has 0 saturated carbocycles. The van der Waals surface area contributed by atoms with Gasteiger partial charge in [0.1, 0.15) is 5.03 Å². The Kier molecular flexibility index (Phi) is 4.63. The normalized spacial score (nSPS) is 22.1. The van der Waals surface area contributed by atoms with Gasteiger partial charge in [-0.15, -0.1) is 12.4 Å². The third-order valence-corrected chi connectivity index (χ3v) is 4.13. The van der Waals surface area contributed by atoms with Crippen molar-refractivity contribution in [3.63, 3.8) is 0 Å². The number of nitrogens with one attached hydrogen (secondary N) is 1. The summed E-state index contributed by atoms with van der Waals surface area (Å²) in [6.45, 7) is 3.63. The number of nitrogens with zero attached hydrogens (tertiary/aromatic N) is 2. The van der Waals surface area contributed by atoms with Gasteiger partial charge in [0.25, 0.3) is 0 Å². The molecule has 0 bridgehead atoms. The van der Waals surface area contributed by atoms with E-state index in [1.165, 1.54) is 0 Å². The monoisotopic (exact) mass is 247 g/mol. The van der Waals surface area contributed by atoms with E-state index in [2.05, 4.69) is 15.3 Å². The van der Waals surface area contributed by atoms with Crippen LogP contribution in [0.25, 0.3) is 0 Å². The molecule has 1 aromatic heterocycles.